The Hall–Kier alpha value is -1.29. The van der Waals surface area contributed by atoms with Crippen LogP contribution in [0.1, 0.15) is 37.0 Å². The molecule has 0 aliphatic carbocycles. The molecule has 5 heteroatoms. The van der Waals surface area contributed by atoms with Crippen LogP contribution in [0.3, 0.4) is 0 Å². The molecule has 17 heavy (non-hydrogen) atoms. The van der Waals surface area contributed by atoms with Gasteiger partial charge in [0.1, 0.15) is 0 Å². The smallest absolute Gasteiger partial charge is 0.250 e. The fraction of sp³-hybridized carbons (Fsp3) is 0.500. The second-order valence-electron chi connectivity index (χ2n) is 3.74. The van der Waals surface area contributed by atoms with Crippen molar-refractivity contribution in [2.45, 2.75) is 26.7 Å². The lowest BCUT2D eigenvalue weighted by Crippen LogP contribution is -2.28. The molecular formula is C12H20ClN3O. The molecule has 0 saturated heterocycles. The van der Waals surface area contributed by atoms with E-state index in [9.17, 15) is 4.79 Å². The van der Waals surface area contributed by atoms with Crippen molar-refractivity contribution in [2.75, 3.05) is 18.0 Å². The van der Waals surface area contributed by atoms with Gasteiger partial charge >= 0.3 is 0 Å². The van der Waals surface area contributed by atoms with E-state index in [-0.39, 0.29) is 12.4 Å². The van der Waals surface area contributed by atoms with Gasteiger partial charge in [-0.3, -0.25) is 9.78 Å². The van der Waals surface area contributed by atoms with Crippen LogP contribution in [0, 0.1) is 0 Å². The number of nitrogens with zero attached hydrogens (tertiary/aromatic N) is 2. The number of rotatable bonds is 6. The van der Waals surface area contributed by atoms with Gasteiger partial charge in [0.05, 0.1) is 17.4 Å². The summed E-state index contributed by atoms with van der Waals surface area (Å²) < 4.78 is 0. The van der Waals surface area contributed by atoms with E-state index in [0.29, 0.717) is 5.56 Å². The normalized spacial score (nSPS) is 9.53. The third-order valence-electron chi connectivity index (χ3n) is 2.39. The number of pyridine rings is 1. The lowest BCUT2D eigenvalue weighted by Gasteiger charge is -2.24. The lowest BCUT2D eigenvalue weighted by molar-refractivity contribution is 0.100. The van der Waals surface area contributed by atoms with Gasteiger partial charge in [0.25, 0.3) is 5.91 Å². The molecule has 1 heterocycles. The van der Waals surface area contributed by atoms with Crippen LogP contribution in [-0.4, -0.2) is 24.0 Å². The van der Waals surface area contributed by atoms with Gasteiger partial charge in [0.15, 0.2) is 0 Å². The summed E-state index contributed by atoms with van der Waals surface area (Å²) in [5.41, 5.74) is 6.75. The van der Waals surface area contributed by atoms with E-state index in [1.807, 2.05) is 0 Å². The molecule has 0 spiro atoms. The minimum atomic E-state index is -0.394. The molecule has 0 bridgehead atoms. The zero-order valence-electron chi connectivity index (χ0n) is 10.3. The van der Waals surface area contributed by atoms with Crippen LogP contribution in [0.15, 0.2) is 18.5 Å². The minimum Gasteiger partial charge on any atom is -0.370 e. The number of nitrogens with two attached hydrogens (primary N) is 1. The van der Waals surface area contributed by atoms with Gasteiger partial charge < -0.3 is 10.6 Å². The summed E-state index contributed by atoms with van der Waals surface area (Å²) in [4.78, 5) is 17.5. The number of hydrogen-bond donors (Lipinski definition) is 1. The quantitative estimate of drug-likeness (QED) is 0.850. The summed E-state index contributed by atoms with van der Waals surface area (Å²) in [6, 6.07) is 1.68. The molecule has 0 atom stereocenters. The average Bonchev–Trinajstić information content (AvgIpc) is 2.29. The van der Waals surface area contributed by atoms with Crippen molar-refractivity contribution in [1.29, 1.82) is 0 Å². The van der Waals surface area contributed by atoms with Crippen LogP contribution in [0.4, 0.5) is 5.69 Å². The van der Waals surface area contributed by atoms with E-state index in [4.69, 9.17) is 5.73 Å². The van der Waals surface area contributed by atoms with Crippen LogP contribution >= 0.6 is 12.4 Å². The number of amides is 1. The van der Waals surface area contributed by atoms with Gasteiger partial charge in [-0.25, -0.2) is 0 Å². The van der Waals surface area contributed by atoms with E-state index >= 15 is 0 Å². The first-order valence-corrected chi connectivity index (χ1v) is 5.69. The Balaban J connectivity index is 0.00000256. The molecule has 1 amide bonds. The Bertz CT molecular complexity index is 351. The SMILES string of the molecule is CCCN(CCC)c1cnccc1C(N)=O.Cl. The van der Waals surface area contributed by atoms with E-state index in [1.165, 1.54) is 0 Å². The number of hydrogen-bond acceptors (Lipinski definition) is 3. The highest BCUT2D eigenvalue weighted by Gasteiger charge is 2.13. The standard InChI is InChI=1S/C12H19N3O.ClH/c1-3-7-15(8-4-2)11-9-14-6-5-10(11)12(13)16;/h5-6,9H,3-4,7-8H2,1-2H3,(H2,13,16);1H. The summed E-state index contributed by atoms with van der Waals surface area (Å²) in [7, 11) is 0. The van der Waals surface area contributed by atoms with Crippen molar-refractivity contribution in [3.8, 4) is 0 Å². The third kappa shape index (κ3) is 4.23. The summed E-state index contributed by atoms with van der Waals surface area (Å²) in [6.07, 6.45) is 5.38. The molecule has 96 valence electrons. The number of anilines is 1. The number of carbonyl (C=O) groups excluding carboxylic acids is 1. The predicted octanol–water partition coefficient (Wildman–Crippen LogP) is 2.23. The molecule has 1 aromatic heterocycles. The zero-order chi connectivity index (χ0) is 12.0. The molecule has 1 rings (SSSR count). The Morgan fingerprint density at radius 2 is 1.94 bits per heavy atom. The number of aromatic nitrogens is 1. The van der Waals surface area contributed by atoms with Gasteiger partial charge in [0, 0.05) is 19.3 Å². The summed E-state index contributed by atoms with van der Waals surface area (Å²) >= 11 is 0. The zero-order valence-corrected chi connectivity index (χ0v) is 11.2. The van der Waals surface area contributed by atoms with Crippen molar-refractivity contribution in [2.24, 2.45) is 5.73 Å². The Labute approximate surface area is 109 Å². The maximum absolute atomic E-state index is 11.3. The van der Waals surface area contributed by atoms with Crippen molar-refractivity contribution < 1.29 is 4.79 Å². The van der Waals surface area contributed by atoms with Crippen LogP contribution in [-0.2, 0) is 0 Å². The summed E-state index contributed by atoms with van der Waals surface area (Å²) in [5, 5.41) is 0. The molecule has 0 unspecified atom stereocenters. The van der Waals surface area contributed by atoms with Gasteiger partial charge in [-0.1, -0.05) is 13.8 Å². The number of primary amides is 1. The largest absolute Gasteiger partial charge is 0.370 e. The molecule has 0 saturated carbocycles. The third-order valence-corrected chi connectivity index (χ3v) is 2.39. The van der Waals surface area contributed by atoms with Crippen molar-refractivity contribution in [3.63, 3.8) is 0 Å². The first-order chi connectivity index (χ1) is 7.70. The molecule has 2 N–H and O–H groups in total. The second-order valence-corrected chi connectivity index (χ2v) is 3.74. The van der Waals surface area contributed by atoms with Crippen LogP contribution in [0.25, 0.3) is 0 Å². The fourth-order valence-electron chi connectivity index (χ4n) is 1.74. The molecule has 0 fully saturated rings. The summed E-state index contributed by atoms with van der Waals surface area (Å²) in [5.74, 6) is -0.394. The highest BCUT2D eigenvalue weighted by molar-refractivity contribution is 5.98. The van der Waals surface area contributed by atoms with Gasteiger partial charge in [-0.05, 0) is 18.9 Å². The monoisotopic (exact) mass is 257 g/mol. The first kappa shape index (κ1) is 15.7. The van der Waals surface area contributed by atoms with Crippen LogP contribution in [0.5, 0.6) is 0 Å². The molecule has 0 aliphatic rings. The van der Waals surface area contributed by atoms with Gasteiger partial charge in [-0.2, -0.15) is 0 Å². The topological polar surface area (TPSA) is 59.2 Å². The van der Waals surface area contributed by atoms with E-state index in [2.05, 4.69) is 23.7 Å². The molecule has 1 aromatic rings. The van der Waals surface area contributed by atoms with E-state index < -0.39 is 5.91 Å². The Kier molecular flexibility index (Phi) is 7.30. The maximum Gasteiger partial charge on any atom is 0.250 e. The number of carbonyl (C=O) groups is 1. The van der Waals surface area contributed by atoms with Gasteiger partial charge in [-0.15, -0.1) is 12.4 Å². The van der Waals surface area contributed by atoms with Crippen molar-refractivity contribution >= 4 is 24.0 Å². The molecule has 0 aromatic carbocycles. The number of halogens is 1. The van der Waals surface area contributed by atoms with E-state index in [1.54, 1.807) is 18.5 Å². The van der Waals surface area contributed by atoms with Crippen molar-refractivity contribution in [1.82, 2.24) is 4.98 Å². The maximum atomic E-state index is 11.3. The second kappa shape index (κ2) is 7.90. The molecule has 4 nitrogen and oxygen atoms in total. The van der Waals surface area contributed by atoms with Crippen LogP contribution < -0.4 is 10.6 Å². The summed E-state index contributed by atoms with van der Waals surface area (Å²) in [6.45, 7) is 6.06. The van der Waals surface area contributed by atoms with Gasteiger partial charge in [0.2, 0.25) is 0 Å². The van der Waals surface area contributed by atoms with Crippen LogP contribution in [0.2, 0.25) is 0 Å². The molecular weight excluding hydrogens is 238 g/mol. The Morgan fingerprint density at radius 1 is 1.35 bits per heavy atom. The average molecular weight is 258 g/mol. The lowest BCUT2D eigenvalue weighted by atomic mass is 10.2. The highest BCUT2D eigenvalue weighted by Crippen LogP contribution is 2.19. The molecule has 0 aliphatic heterocycles. The first-order valence-electron chi connectivity index (χ1n) is 5.69. The predicted molar refractivity (Wildman–Crippen MR) is 72.8 cm³/mol. The van der Waals surface area contributed by atoms with Crippen molar-refractivity contribution in [3.05, 3.63) is 24.0 Å². The van der Waals surface area contributed by atoms with E-state index in [0.717, 1.165) is 31.6 Å². The minimum absolute atomic E-state index is 0. The molecule has 0 radical (unpaired) electrons. The fourth-order valence-corrected chi connectivity index (χ4v) is 1.74. The Morgan fingerprint density at radius 3 is 2.41 bits per heavy atom. The highest BCUT2D eigenvalue weighted by atomic mass is 35.5.